The summed E-state index contributed by atoms with van der Waals surface area (Å²) in [7, 11) is 0. The van der Waals surface area contributed by atoms with E-state index in [0.29, 0.717) is 10.1 Å². The number of nitrogens with one attached hydrogen (secondary N) is 2. The normalized spacial score (nSPS) is 10.4. The first-order valence-electron chi connectivity index (χ1n) is 7.12. The topological polar surface area (TPSA) is 66.9 Å². The third-order valence-electron chi connectivity index (χ3n) is 3.12. The lowest BCUT2D eigenvalue weighted by atomic mass is 10.1. The second-order valence-corrected chi connectivity index (χ2v) is 5.73. The first kappa shape index (κ1) is 15.4. The van der Waals surface area contributed by atoms with E-state index in [1.807, 2.05) is 25.1 Å². The Morgan fingerprint density at radius 3 is 2.81 bits per heavy atom. The number of anilines is 2. The quantitative estimate of drug-likeness (QED) is 0.857. The number of para-hydroxylation sites is 1. The molecule has 2 N–H and O–H groups in total. The van der Waals surface area contributed by atoms with Gasteiger partial charge in [-0.1, -0.05) is 43.4 Å². The molecule has 1 amide bonds. The summed E-state index contributed by atoms with van der Waals surface area (Å²) in [5.41, 5.74) is 3.05. The summed E-state index contributed by atoms with van der Waals surface area (Å²) in [6, 6.07) is 6.02. The number of benzene rings is 1. The fourth-order valence-electron chi connectivity index (χ4n) is 1.99. The molecule has 1 heterocycles. The maximum atomic E-state index is 12.3. The Bertz CT molecular complexity index is 624. The summed E-state index contributed by atoms with van der Waals surface area (Å²) in [5.74, 6) is -0.207. The smallest absolute Gasteiger partial charge is 0.286 e. The van der Waals surface area contributed by atoms with E-state index in [4.69, 9.17) is 0 Å². The van der Waals surface area contributed by atoms with Crippen LogP contribution in [0.5, 0.6) is 0 Å². The second kappa shape index (κ2) is 7.17. The Morgan fingerprint density at radius 1 is 1.29 bits per heavy atom. The summed E-state index contributed by atoms with van der Waals surface area (Å²) in [4.78, 5) is 12.3. The summed E-state index contributed by atoms with van der Waals surface area (Å²) >= 11 is 1.27. The van der Waals surface area contributed by atoms with Crippen molar-refractivity contribution in [1.82, 2.24) is 10.2 Å². The molecule has 0 unspecified atom stereocenters. The van der Waals surface area contributed by atoms with Crippen molar-refractivity contribution >= 4 is 28.1 Å². The number of aromatic nitrogens is 2. The van der Waals surface area contributed by atoms with Gasteiger partial charge in [0.25, 0.3) is 5.91 Å². The van der Waals surface area contributed by atoms with Gasteiger partial charge in [-0.05, 0) is 30.9 Å². The molecule has 0 saturated heterocycles. The average Bonchev–Trinajstić information content (AvgIpc) is 2.96. The van der Waals surface area contributed by atoms with Crippen molar-refractivity contribution in [2.75, 3.05) is 17.2 Å². The first-order valence-corrected chi connectivity index (χ1v) is 7.94. The highest BCUT2D eigenvalue weighted by molar-refractivity contribution is 7.17. The molecule has 21 heavy (non-hydrogen) atoms. The number of hydrogen-bond acceptors (Lipinski definition) is 5. The van der Waals surface area contributed by atoms with E-state index >= 15 is 0 Å². The Kier molecular flexibility index (Phi) is 5.27. The van der Waals surface area contributed by atoms with Crippen molar-refractivity contribution in [3.8, 4) is 0 Å². The lowest BCUT2D eigenvalue weighted by Crippen LogP contribution is -2.14. The number of nitrogens with zero attached hydrogens (tertiary/aromatic N) is 2. The molecular weight excluding hydrogens is 284 g/mol. The molecule has 0 saturated carbocycles. The van der Waals surface area contributed by atoms with Crippen LogP contribution in [0, 0.1) is 6.92 Å². The summed E-state index contributed by atoms with van der Waals surface area (Å²) in [6.07, 6.45) is 1.88. The zero-order valence-corrected chi connectivity index (χ0v) is 13.4. The molecular formula is C15H20N4OS. The van der Waals surface area contributed by atoms with Gasteiger partial charge < -0.3 is 10.6 Å². The minimum absolute atomic E-state index is 0.207. The van der Waals surface area contributed by atoms with Crippen molar-refractivity contribution in [2.45, 2.75) is 33.6 Å². The van der Waals surface area contributed by atoms with E-state index in [-0.39, 0.29) is 5.91 Å². The summed E-state index contributed by atoms with van der Waals surface area (Å²) in [6.45, 7) is 6.96. The van der Waals surface area contributed by atoms with Crippen molar-refractivity contribution in [3.05, 3.63) is 34.3 Å². The van der Waals surface area contributed by atoms with Crippen LogP contribution in [0.3, 0.4) is 0 Å². The van der Waals surface area contributed by atoms with E-state index in [2.05, 4.69) is 34.7 Å². The number of carbonyl (C=O) groups excluding carboxylic acids is 1. The zero-order chi connectivity index (χ0) is 15.2. The van der Waals surface area contributed by atoms with E-state index in [9.17, 15) is 4.79 Å². The predicted octanol–water partition coefficient (Wildman–Crippen LogP) is 3.48. The van der Waals surface area contributed by atoms with E-state index in [1.165, 1.54) is 11.3 Å². The van der Waals surface area contributed by atoms with E-state index in [1.54, 1.807) is 0 Å². The molecule has 0 bridgehead atoms. The predicted molar refractivity (Wildman–Crippen MR) is 87.2 cm³/mol. The number of hydrogen-bond donors (Lipinski definition) is 2. The Hall–Kier alpha value is -1.95. The number of amides is 1. The molecule has 0 aliphatic carbocycles. The van der Waals surface area contributed by atoms with Crippen LogP contribution in [-0.2, 0) is 6.42 Å². The van der Waals surface area contributed by atoms with Crippen LogP contribution in [0.25, 0.3) is 0 Å². The SMILES string of the molecule is CCCNc1nnc(C(=O)Nc2c(C)cccc2CC)s1. The Morgan fingerprint density at radius 2 is 2.10 bits per heavy atom. The van der Waals surface area contributed by atoms with E-state index < -0.39 is 0 Å². The highest BCUT2D eigenvalue weighted by Crippen LogP contribution is 2.23. The van der Waals surface area contributed by atoms with Gasteiger partial charge in [-0.2, -0.15) is 0 Å². The standard InChI is InChI=1S/C15H20N4OS/c1-4-9-16-15-19-18-14(21-15)13(20)17-12-10(3)7-6-8-11(12)5-2/h6-8H,4-5,9H2,1-3H3,(H,16,19)(H,17,20). The Balaban J connectivity index is 2.13. The van der Waals surface area contributed by atoms with Crippen molar-refractivity contribution < 1.29 is 4.79 Å². The fraction of sp³-hybridized carbons (Fsp3) is 0.400. The molecule has 112 valence electrons. The average molecular weight is 304 g/mol. The number of rotatable bonds is 6. The first-order chi connectivity index (χ1) is 10.2. The Labute approximate surface area is 128 Å². The van der Waals surface area contributed by atoms with Crippen molar-refractivity contribution in [1.29, 1.82) is 0 Å². The highest BCUT2D eigenvalue weighted by atomic mass is 32.1. The zero-order valence-electron chi connectivity index (χ0n) is 12.6. The molecule has 0 fully saturated rings. The van der Waals surface area contributed by atoms with Crippen LogP contribution in [0.4, 0.5) is 10.8 Å². The van der Waals surface area contributed by atoms with Gasteiger partial charge in [-0.25, -0.2) is 0 Å². The molecule has 2 aromatic rings. The van der Waals surface area contributed by atoms with Gasteiger partial charge in [0.1, 0.15) is 0 Å². The monoisotopic (exact) mass is 304 g/mol. The third-order valence-corrected chi connectivity index (χ3v) is 4.00. The number of carbonyl (C=O) groups is 1. The minimum Gasteiger partial charge on any atom is -0.360 e. The van der Waals surface area contributed by atoms with Crippen LogP contribution in [-0.4, -0.2) is 22.6 Å². The molecule has 5 nitrogen and oxygen atoms in total. The summed E-state index contributed by atoms with van der Waals surface area (Å²) in [5, 5.41) is 15.1. The molecule has 0 atom stereocenters. The van der Waals surface area contributed by atoms with Gasteiger partial charge in [0.05, 0.1) is 0 Å². The van der Waals surface area contributed by atoms with Crippen molar-refractivity contribution in [2.24, 2.45) is 0 Å². The summed E-state index contributed by atoms with van der Waals surface area (Å²) < 4.78 is 0. The van der Waals surface area contributed by atoms with Crippen LogP contribution >= 0.6 is 11.3 Å². The van der Waals surface area contributed by atoms with Gasteiger partial charge in [-0.3, -0.25) is 4.79 Å². The van der Waals surface area contributed by atoms with Crippen LogP contribution < -0.4 is 10.6 Å². The van der Waals surface area contributed by atoms with Gasteiger partial charge >= 0.3 is 0 Å². The van der Waals surface area contributed by atoms with Crippen molar-refractivity contribution in [3.63, 3.8) is 0 Å². The molecule has 2 rings (SSSR count). The molecule has 0 spiro atoms. The van der Waals surface area contributed by atoms with E-state index in [0.717, 1.165) is 36.2 Å². The molecule has 0 aliphatic heterocycles. The maximum absolute atomic E-state index is 12.3. The molecule has 6 heteroatoms. The van der Waals surface area contributed by atoms with Gasteiger partial charge in [0.2, 0.25) is 10.1 Å². The number of aryl methyl sites for hydroxylation is 2. The lowest BCUT2D eigenvalue weighted by Gasteiger charge is -2.11. The van der Waals surface area contributed by atoms with Gasteiger partial charge in [-0.15, -0.1) is 10.2 Å². The molecule has 0 aliphatic rings. The minimum atomic E-state index is -0.207. The maximum Gasteiger partial charge on any atom is 0.286 e. The van der Waals surface area contributed by atoms with Gasteiger partial charge in [0.15, 0.2) is 0 Å². The largest absolute Gasteiger partial charge is 0.360 e. The third kappa shape index (κ3) is 3.78. The van der Waals surface area contributed by atoms with Crippen LogP contribution in [0.15, 0.2) is 18.2 Å². The second-order valence-electron chi connectivity index (χ2n) is 4.76. The van der Waals surface area contributed by atoms with Gasteiger partial charge in [0, 0.05) is 12.2 Å². The molecule has 1 aromatic heterocycles. The highest BCUT2D eigenvalue weighted by Gasteiger charge is 2.15. The van der Waals surface area contributed by atoms with Crippen LogP contribution in [0.2, 0.25) is 0 Å². The molecule has 0 radical (unpaired) electrons. The fourth-order valence-corrected chi connectivity index (χ4v) is 2.65. The molecule has 1 aromatic carbocycles. The lowest BCUT2D eigenvalue weighted by molar-refractivity contribution is 0.102. The van der Waals surface area contributed by atoms with Crippen LogP contribution in [0.1, 0.15) is 41.2 Å².